The van der Waals surface area contributed by atoms with Gasteiger partial charge in [0.1, 0.15) is 0 Å². The molecule has 0 radical (unpaired) electrons. The molecule has 0 heterocycles. The highest BCUT2D eigenvalue weighted by Gasteiger charge is 2.05. The van der Waals surface area contributed by atoms with Gasteiger partial charge in [-0.05, 0) is 31.0 Å². The van der Waals surface area contributed by atoms with Gasteiger partial charge in [0.05, 0.1) is 21.5 Å². The van der Waals surface area contributed by atoms with Crippen LogP contribution in [0.1, 0.15) is 25.7 Å². The first-order chi connectivity index (χ1) is 8.15. The standard InChI is InChI=1S/C12H18ClNO2S/c13-11-9-10(5-6-12(11)14)17(16)8-4-2-1-3-7-15/h5-6,9,15H,1-4,7-8,14H2. The Hall–Kier alpha value is -0.580. The summed E-state index contributed by atoms with van der Waals surface area (Å²) >= 11 is 5.87. The summed E-state index contributed by atoms with van der Waals surface area (Å²) in [7, 11) is -1.01. The summed E-state index contributed by atoms with van der Waals surface area (Å²) in [5, 5.41) is 9.08. The molecule has 1 unspecified atom stereocenters. The molecule has 0 bridgehead atoms. The number of unbranched alkanes of at least 4 members (excludes halogenated alkanes) is 3. The van der Waals surface area contributed by atoms with Gasteiger partial charge in [0.25, 0.3) is 0 Å². The number of nitrogens with two attached hydrogens (primary N) is 1. The van der Waals surface area contributed by atoms with E-state index < -0.39 is 10.8 Å². The normalized spacial score (nSPS) is 12.6. The summed E-state index contributed by atoms with van der Waals surface area (Å²) in [6.45, 7) is 0.233. The molecule has 3 nitrogen and oxygen atoms in total. The summed E-state index contributed by atoms with van der Waals surface area (Å²) in [5.41, 5.74) is 6.10. The van der Waals surface area contributed by atoms with E-state index in [1.807, 2.05) is 0 Å². The van der Waals surface area contributed by atoms with Crippen LogP contribution in [-0.4, -0.2) is 21.7 Å². The third kappa shape index (κ3) is 5.06. The Bertz CT molecular complexity index is 385. The first-order valence-electron chi connectivity index (χ1n) is 5.69. The molecular weight excluding hydrogens is 258 g/mol. The molecule has 0 fully saturated rings. The summed E-state index contributed by atoms with van der Waals surface area (Å²) in [6.07, 6.45) is 3.69. The van der Waals surface area contributed by atoms with Crippen LogP contribution < -0.4 is 5.73 Å². The van der Waals surface area contributed by atoms with Gasteiger partial charge in [-0.1, -0.05) is 24.4 Å². The second-order valence-corrected chi connectivity index (χ2v) is 5.85. The van der Waals surface area contributed by atoms with Crippen LogP contribution in [0.4, 0.5) is 5.69 Å². The fraction of sp³-hybridized carbons (Fsp3) is 0.500. The van der Waals surface area contributed by atoms with Crippen molar-refractivity contribution in [3.63, 3.8) is 0 Å². The Morgan fingerprint density at radius 1 is 1.24 bits per heavy atom. The van der Waals surface area contributed by atoms with E-state index in [2.05, 4.69) is 0 Å². The molecule has 1 aromatic carbocycles. The maximum atomic E-state index is 11.9. The number of rotatable bonds is 7. The molecule has 5 heteroatoms. The van der Waals surface area contributed by atoms with Gasteiger partial charge in [-0.25, -0.2) is 0 Å². The Morgan fingerprint density at radius 2 is 1.94 bits per heavy atom. The van der Waals surface area contributed by atoms with Crippen LogP contribution in [-0.2, 0) is 10.8 Å². The van der Waals surface area contributed by atoms with Crippen molar-refractivity contribution in [1.29, 1.82) is 0 Å². The highest BCUT2D eigenvalue weighted by molar-refractivity contribution is 7.85. The second kappa shape index (κ2) is 7.69. The number of aliphatic hydroxyl groups excluding tert-OH is 1. The SMILES string of the molecule is Nc1ccc(S(=O)CCCCCCO)cc1Cl. The average Bonchev–Trinajstić information content (AvgIpc) is 2.32. The molecule has 0 saturated carbocycles. The van der Waals surface area contributed by atoms with Crippen LogP contribution in [0.2, 0.25) is 5.02 Å². The minimum atomic E-state index is -1.01. The van der Waals surface area contributed by atoms with E-state index in [4.69, 9.17) is 22.4 Å². The van der Waals surface area contributed by atoms with Gasteiger partial charge in [-0.3, -0.25) is 4.21 Å². The van der Waals surface area contributed by atoms with E-state index in [0.717, 1.165) is 30.6 Å². The minimum absolute atomic E-state index is 0.233. The van der Waals surface area contributed by atoms with Crippen molar-refractivity contribution in [2.24, 2.45) is 0 Å². The van der Waals surface area contributed by atoms with Gasteiger partial charge in [0, 0.05) is 17.3 Å². The number of benzene rings is 1. The van der Waals surface area contributed by atoms with Crippen LogP contribution in [0.5, 0.6) is 0 Å². The molecular formula is C12H18ClNO2S. The van der Waals surface area contributed by atoms with Crippen molar-refractivity contribution in [1.82, 2.24) is 0 Å². The molecule has 0 spiro atoms. The smallest absolute Gasteiger partial charge is 0.0647 e. The third-order valence-corrected chi connectivity index (χ3v) is 4.24. The molecule has 17 heavy (non-hydrogen) atoms. The monoisotopic (exact) mass is 275 g/mol. The first kappa shape index (κ1) is 14.5. The van der Waals surface area contributed by atoms with Crippen LogP contribution >= 0.6 is 11.6 Å². The molecule has 96 valence electrons. The van der Waals surface area contributed by atoms with Crippen molar-refractivity contribution in [2.45, 2.75) is 30.6 Å². The number of halogens is 1. The lowest BCUT2D eigenvalue weighted by Gasteiger charge is -2.04. The zero-order chi connectivity index (χ0) is 12.7. The Labute approximate surface area is 109 Å². The largest absolute Gasteiger partial charge is 0.398 e. The van der Waals surface area contributed by atoms with E-state index in [9.17, 15) is 4.21 Å². The molecule has 0 aliphatic rings. The average molecular weight is 276 g/mol. The van der Waals surface area contributed by atoms with E-state index in [1.165, 1.54) is 0 Å². The molecule has 0 amide bonds. The van der Waals surface area contributed by atoms with E-state index in [0.29, 0.717) is 16.5 Å². The second-order valence-electron chi connectivity index (χ2n) is 3.87. The molecule has 3 N–H and O–H groups in total. The topological polar surface area (TPSA) is 63.3 Å². The molecule has 0 saturated heterocycles. The maximum Gasteiger partial charge on any atom is 0.0647 e. The fourth-order valence-corrected chi connectivity index (χ4v) is 2.88. The van der Waals surface area contributed by atoms with Crippen molar-refractivity contribution in [2.75, 3.05) is 18.1 Å². The predicted octanol–water partition coefficient (Wildman–Crippen LogP) is 2.58. The summed E-state index contributed by atoms with van der Waals surface area (Å²) in [5.74, 6) is 0.631. The van der Waals surface area contributed by atoms with Crippen LogP contribution in [0.15, 0.2) is 23.1 Å². The zero-order valence-electron chi connectivity index (χ0n) is 9.69. The highest BCUT2D eigenvalue weighted by atomic mass is 35.5. The van der Waals surface area contributed by atoms with Gasteiger partial charge in [-0.15, -0.1) is 0 Å². The molecule has 1 rings (SSSR count). The number of nitrogen functional groups attached to an aromatic ring is 1. The summed E-state index contributed by atoms with van der Waals surface area (Å²) < 4.78 is 11.9. The highest BCUT2D eigenvalue weighted by Crippen LogP contribution is 2.22. The lowest BCUT2D eigenvalue weighted by molar-refractivity contribution is 0.283. The van der Waals surface area contributed by atoms with Crippen molar-refractivity contribution < 1.29 is 9.32 Å². The van der Waals surface area contributed by atoms with Gasteiger partial charge in [0.15, 0.2) is 0 Å². The van der Waals surface area contributed by atoms with Crippen LogP contribution in [0.3, 0.4) is 0 Å². The number of aliphatic hydroxyl groups is 1. The van der Waals surface area contributed by atoms with Gasteiger partial charge in [-0.2, -0.15) is 0 Å². The number of hydrogen-bond acceptors (Lipinski definition) is 3. The van der Waals surface area contributed by atoms with Crippen LogP contribution in [0, 0.1) is 0 Å². The number of anilines is 1. The number of hydrogen-bond donors (Lipinski definition) is 2. The predicted molar refractivity (Wildman–Crippen MR) is 72.7 cm³/mol. The summed E-state index contributed by atoms with van der Waals surface area (Å²) in [4.78, 5) is 0.728. The van der Waals surface area contributed by atoms with Crippen molar-refractivity contribution in [3.8, 4) is 0 Å². The first-order valence-corrected chi connectivity index (χ1v) is 7.39. The Morgan fingerprint density at radius 3 is 2.59 bits per heavy atom. The van der Waals surface area contributed by atoms with Gasteiger partial charge < -0.3 is 10.8 Å². The molecule has 1 aromatic rings. The summed E-state index contributed by atoms with van der Waals surface area (Å²) in [6, 6.07) is 5.10. The zero-order valence-corrected chi connectivity index (χ0v) is 11.3. The van der Waals surface area contributed by atoms with Crippen LogP contribution in [0.25, 0.3) is 0 Å². The Kier molecular flexibility index (Phi) is 6.55. The lowest BCUT2D eigenvalue weighted by atomic mass is 10.2. The van der Waals surface area contributed by atoms with E-state index in [1.54, 1.807) is 18.2 Å². The van der Waals surface area contributed by atoms with E-state index in [-0.39, 0.29) is 6.61 Å². The van der Waals surface area contributed by atoms with Gasteiger partial charge in [0.2, 0.25) is 0 Å². The van der Waals surface area contributed by atoms with Crippen molar-refractivity contribution in [3.05, 3.63) is 23.2 Å². The van der Waals surface area contributed by atoms with E-state index >= 15 is 0 Å². The lowest BCUT2D eigenvalue weighted by Crippen LogP contribution is -1.99. The fourth-order valence-electron chi connectivity index (χ4n) is 1.47. The molecule has 1 atom stereocenters. The van der Waals surface area contributed by atoms with Gasteiger partial charge >= 0.3 is 0 Å². The Balaban J connectivity index is 2.39. The third-order valence-electron chi connectivity index (χ3n) is 2.47. The molecule has 0 aromatic heterocycles. The minimum Gasteiger partial charge on any atom is -0.398 e. The maximum absolute atomic E-state index is 11.9. The molecule has 0 aliphatic carbocycles. The molecule has 0 aliphatic heterocycles. The quantitative estimate of drug-likeness (QED) is 0.594. The van der Waals surface area contributed by atoms with Crippen molar-refractivity contribution >= 4 is 28.1 Å².